The minimum absolute atomic E-state index is 0.0333. The number of hydrogen-bond acceptors (Lipinski definition) is 2. The third-order valence-corrected chi connectivity index (χ3v) is 5.09. The van der Waals surface area contributed by atoms with Crippen molar-refractivity contribution in [1.29, 1.82) is 0 Å². The highest BCUT2D eigenvalue weighted by atomic mass is 16.3. The number of aliphatic hydroxyl groups is 1. The molecule has 118 valence electrons. The molecule has 3 nitrogen and oxygen atoms in total. The maximum Gasteiger partial charge on any atom is 0.252 e. The van der Waals surface area contributed by atoms with Gasteiger partial charge in [-0.25, -0.2) is 0 Å². The molecule has 1 amide bonds. The van der Waals surface area contributed by atoms with Crippen molar-refractivity contribution in [3.05, 3.63) is 33.4 Å². The predicted octanol–water partition coefficient (Wildman–Crippen LogP) is 3.51. The van der Waals surface area contributed by atoms with Crippen molar-refractivity contribution in [2.45, 2.75) is 66.8 Å². The van der Waals surface area contributed by atoms with E-state index in [-0.39, 0.29) is 18.1 Å². The van der Waals surface area contributed by atoms with Crippen molar-refractivity contribution < 1.29 is 9.90 Å². The third kappa shape index (κ3) is 3.46. The van der Waals surface area contributed by atoms with Crippen LogP contribution in [0.15, 0.2) is 0 Å². The number of hydrogen-bond donors (Lipinski definition) is 2. The molecule has 0 aliphatic carbocycles. The molecule has 0 saturated carbocycles. The molecule has 1 atom stereocenters. The van der Waals surface area contributed by atoms with E-state index < -0.39 is 0 Å². The summed E-state index contributed by atoms with van der Waals surface area (Å²) in [5.41, 5.74) is 6.15. The van der Waals surface area contributed by atoms with Crippen LogP contribution in [-0.4, -0.2) is 23.2 Å². The fourth-order valence-corrected chi connectivity index (χ4v) is 2.75. The van der Waals surface area contributed by atoms with E-state index in [4.69, 9.17) is 0 Å². The second-order valence-electron chi connectivity index (χ2n) is 6.34. The number of aliphatic hydroxyl groups excluding tert-OH is 1. The van der Waals surface area contributed by atoms with Crippen LogP contribution >= 0.6 is 0 Å². The molecule has 0 radical (unpaired) electrons. The number of rotatable bonds is 5. The summed E-state index contributed by atoms with van der Waals surface area (Å²) in [5, 5.41) is 12.3. The zero-order valence-electron chi connectivity index (χ0n) is 14.5. The molecule has 0 heterocycles. The van der Waals surface area contributed by atoms with Crippen LogP contribution < -0.4 is 5.32 Å². The van der Waals surface area contributed by atoms with Gasteiger partial charge in [0.15, 0.2) is 0 Å². The van der Waals surface area contributed by atoms with Gasteiger partial charge >= 0.3 is 0 Å². The minimum atomic E-state index is -0.364. The number of amides is 1. The molecule has 1 aromatic carbocycles. The van der Waals surface area contributed by atoms with E-state index in [1.807, 2.05) is 27.7 Å². The van der Waals surface area contributed by atoms with Gasteiger partial charge in [0.2, 0.25) is 0 Å². The molecule has 2 N–H and O–H groups in total. The summed E-state index contributed by atoms with van der Waals surface area (Å²) in [5.74, 6) is -0.0333. The molecule has 0 spiro atoms. The van der Waals surface area contributed by atoms with Crippen LogP contribution in [0.5, 0.6) is 0 Å². The Balaban J connectivity index is 3.26. The van der Waals surface area contributed by atoms with Gasteiger partial charge in [-0.1, -0.05) is 6.92 Å². The lowest BCUT2D eigenvalue weighted by atomic mass is 9.88. The van der Waals surface area contributed by atoms with Crippen molar-refractivity contribution in [3.63, 3.8) is 0 Å². The van der Waals surface area contributed by atoms with Gasteiger partial charge in [0.05, 0.1) is 0 Å². The Hall–Kier alpha value is -1.35. The van der Waals surface area contributed by atoms with Crippen LogP contribution in [0.4, 0.5) is 0 Å². The van der Waals surface area contributed by atoms with Gasteiger partial charge in [-0.15, -0.1) is 0 Å². The van der Waals surface area contributed by atoms with E-state index in [2.05, 4.69) is 26.1 Å². The highest BCUT2D eigenvalue weighted by Crippen LogP contribution is 2.27. The molecule has 0 aliphatic heterocycles. The Morgan fingerprint density at radius 1 is 1.00 bits per heavy atom. The molecule has 1 rings (SSSR count). The van der Waals surface area contributed by atoms with Gasteiger partial charge < -0.3 is 10.4 Å². The van der Waals surface area contributed by atoms with E-state index in [1.54, 1.807) is 0 Å². The SMILES string of the molecule is CCC(C)(CCO)NC(=O)c1c(C)c(C)c(C)c(C)c1C. The molecule has 3 heteroatoms. The highest BCUT2D eigenvalue weighted by Gasteiger charge is 2.26. The number of carbonyl (C=O) groups excluding carboxylic acids is 1. The van der Waals surface area contributed by atoms with Gasteiger partial charge in [-0.3, -0.25) is 4.79 Å². The summed E-state index contributed by atoms with van der Waals surface area (Å²) in [4.78, 5) is 12.8. The minimum Gasteiger partial charge on any atom is -0.396 e. The van der Waals surface area contributed by atoms with Crippen LogP contribution in [0.25, 0.3) is 0 Å². The summed E-state index contributed by atoms with van der Waals surface area (Å²) < 4.78 is 0. The lowest BCUT2D eigenvalue weighted by Gasteiger charge is -2.30. The van der Waals surface area contributed by atoms with E-state index in [0.717, 1.165) is 23.1 Å². The van der Waals surface area contributed by atoms with Gasteiger partial charge in [0, 0.05) is 17.7 Å². The number of carbonyl (C=O) groups is 1. The maximum atomic E-state index is 12.8. The summed E-state index contributed by atoms with van der Waals surface area (Å²) in [6.45, 7) is 14.4. The first-order valence-electron chi connectivity index (χ1n) is 7.68. The number of benzene rings is 1. The van der Waals surface area contributed by atoms with Crippen LogP contribution in [0.1, 0.15) is 64.9 Å². The molecular formula is C18H29NO2. The lowest BCUT2D eigenvalue weighted by Crippen LogP contribution is -2.46. The second-order valence-corrected chi connectivity index (χ2v) is 6.34. The van der Waals surface area contributed by atoms with E-state index in [9.17, 15) is 9.90 Å². The fourth-order valence-electron chi connectivity index (χ4n) is 2.75. The molecule has 0 aliphatic rings. The van der Waals surface area contributed by atoms with E-state index in [1.165, 1.54) is 16.7 Å². The van der Waals surface area contributed by atoms with Crippen LogP contribution in [-0.2, 0) is 0 Å². The summed E-state index contributed by atoms with van der Waals surface area (Å²) in [6.07, 6.45) is 1.36. The normalized spacial score (nSPS) is 13.9. The lowest BCUT2D eigenvalue weighted by molar-refractivity contribution is 0.0884. The summed E-state index contributed by atoms with van der Waals surface area (Å²) in [6, 6.07) is 0. The first-order valence-corrected chi connectivity index (χ1v) is 7.68. The molecule has 0 aromatic heterocycles. The first kappa shape index (κ1) is 17.7. The molecule has 0 fully saturated rings. The average Bonchev–Trinajstić information content (AvgIpc) is 2.43. The average molecular weight is 291 g/mol. The van der Waals surface area contributed by atoms with Crippen molar-refractivity contribution in [1.82, 2.24) is 5.32 Å². The third-order valence-electron chi connectivity index (χ3n) is 5.09. The van der Waals surface area contributed by atoms with Crippen molar-refractivity contribution in [3.8, 4) is 0 Å². The monoisotopic (exact) mass is 291 g/mol. The van der Waals surface area contributed by atoms with Crippen LogP contribution in [0.2, 0.25) is 0 Å². The van der Waals surface area contributed by atoms with Crippen molar-refractivity contribution >= 4 is 5.91 Å². The molecule has 0 bridgehead atoms. The Kier molecular flexibility index (Phi) is 5.57. The molecule has 0 saturated heterocycles. The smallest absolute Gasteiger partial charge is 0.252 e. The molecule has 1 aromatic rings. The second kappa shape index (κ2) is 6.61. The zero-order valence-corrected chi connectivity index (χ0v) is 14.5. The van der Waals surface area contributed by atoms with Crippen LogP contribution in [0.3, 0.4) is 0 Å². The Morgan fingerprint density at radius 3 is 1.81 bits per heavy atom. The summed E-state index contributed by atoms with van der Waals surface area (Å²) >= 11 is 0. The Morgan fingerprint density at radius 2 is 1.43 bits per heavy atom. The van der Waals surface area contributed by atoms with E-state index in [0.29, 0.717) is 6.42 Å². The quantitative estimate of drug-likeness (QED) is 0.872. The highest BCUT2D eigenvalue weighted by molar-refractivity contribution is 5.98. The van der Waals surface area contributed by atoms with Gasteiger partial charge in [-0.05, 0) is 82.2 Å². The predicted molar refractivity (Wildman–Crippen MR) is 88.0 cm³/mol. The van der Waals surface area contributed by atoms with Gasteiger partial charge in [0.25, 0.3) is 5.91 Å². The van der Waals surface area contributed by atoms with Gasteiger partial charge in [-0.2, -0.15) is 0 Å². The molecular weight excluding hydrogens is 262 g/mol. The first-order chi connectivity index (χ1) is 9.68. The van der Waals surface area contributed by atoms with E-state index >= 15 is 0 Å². The van der Waals surface area contributed by atoms with Crippen LogP contribution in [0, 0.1) is 34.6 Å². The standard InChI is InChI=1S/C18H29NO2/c1-8-18(7,9-10-20)19-17(21)16-14(5)12(3)11(2)13(4)15(16)6/h20H,8-10H2,1-7H3,(H,19,21). The topological polar surface area (TPSA) is 49.3 Å². The largest absolute Gasteiger partial charge is 0.396 e. The Bertz CT molecular complexity index is 520. The maximum absolute atomic E-state index is 12.8. The van der Waals surface area contributed by atoms with Crippen molar-refractivity contribution in [2.24, 2.45) is 0 Å². The number of nitrogens with one attached hydrogen (secondary N) is 1. The zero-order chi connectivity index (χ0) is 16.4. The van der Waals surface area contributed by atoms with Gasteiger partial charge in [0.1, 0.15) is 0 Å². The molecule has 1 unspecified atom stereocenters. The summed E-state index contributed by atoms with van der Waals surface area (Å²) in [7, 11) is 0. The molecule has 21 heavy (non-hydrogen) atoms. The van der Waals surface area contributed by atoms with Crippen molar-refractivity contribution in [2.75, 3.05) is 6.61 Å². The fraction of sp³-hybridized carbons (Fsp3) is 0.611. The Labute approximate surface area is 128 Å².